The Bertz CT molecular complexity index is 264. The molecule has 0 spiro atoms. The second kappa shape index (κ2) is 8.27. The highest BCUT2D eigenvalue weighted by atomic mass is 79.9. The van der Waals surface area contributed by atoms with Crippen LogP contribution in [0, 0.1) is 0 Å². The smallest absolute Gasteiger partial charge is 0.327 e. The van der Waals surface area contributed by atoms with Crippen molar-refractivity contribution in [2.45, 2.75) is 31.5 Å². The fourth-order valence-corrected chi connectivity index (χ4v) is 1.29. The lowest BCUT2D eigenvalue weighted by Crippen LogP contribution is -2.26. The number of carbonyl (C=O) groups is 3. The van der Waals surface area contributed by atoms with Gasteiger partial charge in [-0.1, -0.05) is 15.9 Å². The van der Waals surface area contributed by atoms with E-state index in [1.54, 1.807) is 13.8 Å². The summed E-state index contributed by atoms with van der Waals surface area (Å²) in [5.74, 6) is -1.46. The minimum atomic E-state index is -0.998. The first-order chi connectivity index (χ1) is 7.52. The number of hydrogen-bond acceptors (Lipinski definition) is 5. The molecule has 0 bridgehead atoms. The molecule has 0 heterocycles. The van der Waals surface area contributed by atoms with Gasteiger partial charge in [0.25, 0.3) is 0 Å². The predicted molar refractivity (Wildman–Crippen MR) is 60.2 cm³/mol. The van der Waals surface area contributed by atoms with Crippen molar-refractivity contribution < 1.29 is 23.9 Å². The zero-order chi connectivity index (χ0) is 12.6. The highest BCUT2D eigenvalue weighted by Crippen LogP contribution is 2.08. The average molecular weight is 295 g/mol. The fraction of sp³-hybridized carbons (Fsp3) is 0.700. The first-order valence-corrected chi connectivity index (χ1v) is 5.93. The van der Waals surface area contributed by atoms with Crippen molar-refractivity contribution in [2.75, 3.05) is 13.2 Å². The van der Waals surface area contributed by atoms with Gasteiger partial charge in [0.05, 0.1) is 19.6 Å². The number of Topliss-reactive ketones (excluding diaryl/α,β-unsaturated/α-hetero) is 1. The first-order valence-electron chi connectivity index (χ1n) is 5.01. The first kappa shape index (κ1) is 15.1. The predicted octanol–water partition coefficient (Wildman–Crippen LogP) is 1.23. The number of hydrogen-bond donors (Lipinski definition) is 0. The Hall–Kier alpha value is -0.910. The molecule has 0 aromatic carbocycles. The van der Waals surface area contributed by atoms with Crippen molar-refractivity contribution >= 4 is 33.7 Å². The third-order valence-electron chi connectivity index (χ3n) is 1.66. The van der Waals surface area contributed by atoms with Crippen LogP contribution in [0.15, 0.2) is 0 Å². The molecular formula is C10H15BrO5. The quantitative estimate of drug-likeness (QED) is 0.401. The Morgan fingerprint density at radius 2 is 1.62 bits per heavy atom. The van der Waals surface area contributed by atoms with Crippen LogP contribution in [0.4, 0.5) is 0 Å². The molecule has 1 atom stereocenters. The molecule has 0 saturated carbocycles. The molecule has 16 heavy (non-hydrogen) atoms. The Kier molecular flexibility index (Phi) is 7.80. The minimum Gasteiger partial charge on any atom is -0.466 e. The zero-order valence-electron chi connectivity index (χ0n) is 9.32. The van der Waals surface area contributed by atoms with Crippen LogP contribution in [-0.2, 0) is 23.9 Å². The molecular weight excluding hydrogens is 280 g/mol. The molecule has 0 aliphatic carbocycles. The fourth-order valence-electron chi connectivity index (χ4n) is 0.932. The number of esters is 2. The highest BCUT2D eigenvalue weighted by Gasteiger charge is 2.24. The van der Waals surface area contributed by atoms with Crippen LogP contribution in [-0.4, -0.2) is 35.8 Å². The number of ether oxygens (including phenoxy) is 2. The van der Waals surface area contributed by atoms with E-state index in [1.165, 1.54) is 0 Å². The number of halogens is 1. The van der Waals surface area contributed by atoms with Crippen molar-refractivity contribution in [3.63, 3.8) is 0 Å². The maximum atomic E-state index is 11.4. The monoisotopic (exact) mass is 294 g/mol. The summed E-state index contributed by atoms with van der Waals surface area (Å²) in [4.78, 5) is 32.5. The maximum Gasteiger partial charge on any atom is 0.327 e. The molecule has 1 unspecified atom stereocenters. The van der Waals surface area contributed by atoms with Crippen LogP contribution in [0.5, 0.6) is 0 Å². The van der Waals surface area contributed by atoms with Gasteiger partial charge in [-0.15, -0.1) is 0 Å². The number of alkyl halides is 1. The van der Waals surface area contributed by atoms with Crippen LogP contribution in [0.3, 0.4) is 0 Å². The molecule has 92 valence electrons. The Morgan fingerprint density at radius 3 is 2.12 bits per heavy atom. The largest absolute Gasteiger partial charge is 0.466 e. The molecule has 0 aromatic rings. The van der Waals surface area contributed by atoms with Crippen molar-refractivity contribution in [3.8, 4) is 0 Å². The SMILES string of the molecule is CCOC(=O)CCC(=O)C(Br)C(=O)OCC. The molecule has 0 saturated heterocycles. The van der Waals surface area contributed by atoms with E-state index in [1.807, 2.05) is 0 Å². The van der Waals surface area contributed by atoms with Crippen LogP contribution in [0.2, 0.25) is 0 Å². The average Bonchev–Trinajstić information content (AvgIpc) is 2.25. The van der Waals surface area contributed by atoms with Gasteiger partial charge < -0.3 is 9.47 Å². The minimum absolute atomic E-state index is 0.0197. The van der Waals surface area contributed by atoms with Crippen LogP contribution in [0.1, 0.15) is 26.7 Å². The van der Waals surface area contributed by atoms with E-state index in [-0.39, 0.29) is 31.8 Å². The van der Waals surface area contributed by atoms with Gasteiger partial charge in [0.1, 0.15) is 0 Å². The van der Waals surface area contributed by atoms with Crippen LogP contribution in [0.25, 0.3) is 0 Å². The van der Waals surface area contributed by atoms with Gasteiger partial charge in [-0.25, -0.2) is 0 Å². The molecule has 0 fully saturated rings. The van der Waals surface area contributed by atoms with Gasteiger partial charge in [-0.3, -0.25) is 14.4 Å². The Labute approximate surface area is 103 Å². The van der Waals surface area contributed by atoms with Crippen molar-refractivity contribution in [2.24, 2.45) is 0 Å². The Morgan fingerprint density at radius 1 is 1.06 bits per heavy atom. The summed E-state index contributed by atoms with van der Waals surface area (Å²) in [5, 5.41) is 0. The van der Waals surface area contributed by atoms with E-state index < -0.39 is 16.8 Å². The molecule has 5 nitrogen and oxygen atoms in total. The van der Waals surface area contributed by atoms with Crippen molar-refractivity contribution in [1.29, 1.82) is 0 Å². The van der Waals surface area contributed by atoms with E-state index >= 15 is 0 Å². The van der Waals surface area contributed by atoms with Gasteiger partial charge in [-0.05, 0) is 13.8 Å². The molecule has 6 heteroatoms. The summed E-state index contributed by atoms with van der Waals surface area (Å²) in [6.45, 7) is 3.83. The van der Waals surface area contributed by atoms with Gasteiger partial charge in [0.15, 0.2) is 10.6 Å². The number of ketones is 1. The molecule has 0 amide bonds. The van der Waals surface area contributed by atoms with E-state index in [0.29, 0.717) is 0 Å². The standard InChI is InChI=1S/C10H15BrO5/c1-3-15-8(13)6-5-7(12)9(11)10(14)16-4-2/h9H,3-6H2,1-2H3. The lowest BCUT2D eigenvalue weighted by Gasteiger charge is -2.07. The van der Waals surface area contributed by atoms with Crippen LogP contribution >= 0.6 is 15.9 Å². The summed E-state index contributed by atoms with van der Waals surface area (Å²) in [5.41, 5.74) is 0. The summed E-state index contributed by atoms with van der Waals surface area (Å²) >= 11 is 2.92. The summed E-state index contributed by atoms with van der Waals surface area (Å²) in [7, 11) is 0. The normalized spacial score (nSPS) is 11.7. The van der Waals surface area contributed by atoms with E-state index in [9.17, 15) is 14.4 Å². The lowest BCUT2D eigenvalue weighted by molar-refractivity contribution is -0.147. The molecule has 0 rings (SSSR count). The van der Waals surface area contributed by atoms with Gasteiger partial charge in [0, 0.05) is 6.42 Å². The number of carbonyl (C=O) groups excluding carboxylic acids is 3. The van der Waals surface area contributed by atoms with Gasteiger partial charge >= 0.3 is 11.9 Å². The molecule has 0 N–H and O–H groups in total. The summed E-state index contributed by atoms with van der Waals surface area (Å²) in [6, 6.07) is 0. The maximum absolute atomic E-state index is 11.4. The topological polar surface area (TPSA) is 69.7 Å². The molecule has 0 radical (unpaired) electrons. The third kappa shape index (κ3) is 5.85. The lowest BCUT2D eigenvalue weighted by atomic mass is 10.1. The highest BCUT2D eigenvalue weighted by molar-refractivity contribution is 9.10. The third-order valence-corrected chi connectivity index (χ3v) is 2.54. The molecule has 0 aliphatic rings. The van der Waals surface area contributed by atoms with E-state index in [4.69, 9.17) is 0 Å². The van der Waals surface area contributed by atoms with Crippen molar-refractivity contribution in [1.82, 2.24) is 0 Å². The van der Waals surface area contributed by atoms with Gasteiger partial charge in [-0.2, -0.15) is 0 Å². The van der Waals surface area contributed by atoms with Crippen LogP contribution < -0.4 is 0 Å². The summed E-state index contributed by atoms with van der Waals surface area (Å²) < 4.78 is 9.31. The van der Waals surface area contributed by atoms with E-state index in [0.717, 1.165) is 0 Å². The molecule has 0 aromatic heterocycles. The number of rotatable bonds is 7. The zero-order valence-corrected chi connectivity index (χ0v) is 10.9. The van der Waals surface area contributed by atoms with E-state index in [2.05, 4.69) is 25.4 Å². The Balaban J connectivity index is 3.96. The van der Waals surface area contributed by atoms with Gasteiger partial charge in [0.2, 0.25) is 0 Å². The summed E-state index contributed by atoms with van der Waals surface area (Å²) in [6.07, 6.45) is -0.0538. The molecule has 0 aliphatic heterocycles. The second-order valence-electron chi connectivity index (χ2n) is 2.89. The second-order valence-corrected chi connectivity index (χ2v) is 3.80. The van der Waals surface area contributed by atoms with Crippen molar-refractivity contribution in [3.05, 3.63) is 0 Å².